The zero-order valence-electron chi connectivity index (χ0n) is 11.2. The van der Waals surface area contributed by atoms with Gasteiger partial charge in [0.15, 0.2) is 11.5 Å². The van der Waals surface area contributed by atoms with Crippen molar-refractivity contribution in [3.8, 4) is 11.5 Å². The van der Waals surface area contributed by atoms with Crippen molar-refractivity contribution in [2.24, 2.45) is 0 Å². The van der Waals surface area contributed by atoms with Crippen molar-refractivity contribution in [3.63, 3.8) is 0 Å². The predicted octanol–water partition coefficient (Wildman–Crippen LogP) is 1.66. The van der Waals surface area contributed by atoms with Crippen LogP contribution in [0, 0.1) is 0 Å². The Bertz CT molecular complexity index is 414. The minimum Gasteiger partial charge on any atom is -0.493 e. The van der Waals surface area contributed by atoms with Gasteiger partial charge in [0, 0.05) is 12.6 Å². The predicted molar refractivity (Wildman–Crippen MR) is 70.1 cm³/mol. The van der Waals surface area contributed by atoms with E-state index in [1.807, 2.05) is 25.1 Å². The van der Waals surface area contributed by atoms with Crippen molar-refractivity contribution in [1.29, 1.82) is 0 Å². The molecule has 0 bridgehead atoms. The molecule has 4 nitrogen and oxygen atoms in total. The third kappa shape index (κ3) is 2.94. The van der Waals surface area contributed by atoms with Crippen molar-refractivity contribution in [1.82, 2.24) is 5.32 Å². The third-order valence-electron chi connectivity index (χ3n) is 3.32. The molecule has 1 atom stereocenters. The SMILES string of the molecule is COc1ccc(C(C)(O)CNC2CC2)cc1OC. The molecule has 0 saturated heterocycles. The second-order valence-corrected chi connectivity index (χ2v) is 5.00. The van der Waals surface area contributed by atoms with Crippen LogP contribution in [0.3, 0.4) is 0 Å². The summed E-state index contributed by atoms with van der Waals surface area (Å²) in [5, 5.41) is 13.8. The van der Waals surface area contributed by atoms with Gasteiger partial charge < -0.3 is 19.9 Å². The Morgan fingerprint density at radius 3 is 2.50 bits per heavy atom. The normalized spacial score (nSPS) is 18.2. The lowest BCUT2D eigenvalue weighted by Gasteiger charge is -2.25. The van der Waals surface area contributed by atoms with E-state index in [0.717, 1.165) is 5.56 Å². The number of hydrogen-bond donors (Lipinski definition) is 2. The standard InChI is InChI=1S/C14H21NO3/c1-14(16,9-15-11-5-6-11)10-4-7-12(17-2)13(8-10)18-3/h4,7-8,11,15-16H,5-6,9H2,1-3H3. The van der Waals surface area contributed by atoms with E-state index in [4.69, 9.17) is 9.47 Å². The molecule has 1 aliphatic carbocycles. The van der Waals surface area contributed by atoms with Crippen LogP contribution in [0.2, 0.25) is 0 Å². The van der Waals surface area contributed by atoms with Crippen molar-refractivity contribution < 1.29 is 14.6 Å². The van der Waals surface area contributed by atoms with Gasteiger partial charge in [0.1, 0.15) is 0 Å². The van der Waals surface area contributed by atoms with E-state index >= 15 is 0 Å². The summed E-state index contributed by atoms with van der Waals surface area (Å²) >= 11 is 0. The van der Waals surface area contributed by atoms with E-state index in [-0.39, 0.29) is 0 Å². The Hall–Kier alpha value is -1.26. The van der Waals surface area contributed by atoms with E-state index < -0.39 is 5.60 Å². The number of aliphatic hydroxyl groups is 1. The maximum atomic E-state index is 10.5. The Morgan fingerprint density at radius 1 is 1.28 bits per heavy atom. The van der Waals surface area contributed by atoms with Gasteiger partial charge in [-0.15, -0.1) is 0 Å². The van der Waals surface area contributed by atoms with Crippen LogP contribution < -0.4 is 14.8 Å². The Kier molecular flexibility index (Phi) is 3.78. The summed E-state index contributed by atoms with van der Waals surface area (Å²) in [4.78, 5) is 0. The molecule has 0 radical (unpaired) electrons. The molecule has 0 amide bonds. The molecule has 100 valence electrons. The van der Waals surface area contributed by atoms with Crippen LogP contribution in [0.5, 0.6) is 11.5 Å². The van der Waals surface area contributed by atoms with Crippen molar-refractivity contribution in [2.45, 2.75) is 31.4 Å². The van der Waals surface area contributed by atoms with Gasteiger partial charge >= 0.3 is 0 Å². The van der Waals surface area contributed by atoms with E-state index in [1.54, 1.807) is 14.2 Å². The zero-order valence-corrected chi connectivity index (χ0v) is 11.2. The van der Waals surface area contributed by atoms with Gasteiger partial charge in [-0.1, -0.05) is 6.07 Å². The van der Waals surface area contributed by atoms with Crippen LogP contribution in [0.1, 0.15) is 25.3 Å². The van der Waals surface area contributed by atoms with Gasteiger partial charge in [-0.25, -0.2) is 0 Å². The Balaban J connectivity index is 2.14. The van der Waals surface area contributed by atoms with Crippen LogP contribution >= 0.6 is 0 Å². The molecule has 1 unspecified atom stereocenters. The maximum Gasteiger partial charge on any atom is 0.161 e. The molecular weight excluding hydrogens is 230 g/mol. The van der Waals surface area contributed by atoms with Gasteiger partial charge in [0.25, 0.3) is 0 Å². The van der Waals surface area contributed by atoms with Gasteiger partial charge in [-0.2, -0.15) is 0 Å². The molecule has 1 aromatic rings. The highest BCUT2D eigenvalue weighted by molar-refractivity contribution is 5.44. The van der Waals surface area contributed by atoms with E-state index in [1.165, 1.54) is 12.8 Å². The average Bonchev–Trinajstić information content (AvgIpc) is 3.19. The van der Waals surface area contributed by atoms with Gasteiger partial charge in [0.05, 0.1) is 19.8 Å². The van der Waals surface area contributed by atoms with Gasteiger partial charge in [-0.3, -0.25) is 0 Å². The van der Waals surface area contributed by atoms with Crippen LogP contribution in [0.4, 0.5) is 0 Å². The zero-order chi connectivity index (χ0) is 13.2. The van der Waals surface area contributed by atoms with Crippen LogP contribution in [-0.2, 0) is 5.60 Å². The molecule has 0 spiro atoms. The lowest BCUT2D eigenvalue weighted by Crippen LogP contribution is -2.36. The highest BCUT2D eigenvalue weighted by Gasteiger charge is 2.28. The first-order valence-corrected chi connectivity index (χ1v) is 6.25. The lowest BCUT2D eigenvalue weighted by molar-refractivity contribution is 0.0563. The largest absolute Gasteiger partial charge is 0.493 e. The molecule has 1 aliphatic rings. The van der Waals surface area contributed by atoms with Crippen LogP contribution in [0.15, 0.2) is 18.2 Å². The highest BCUT2D eigenvalue weighted by atomic mass is 16.5. The summed E-state index contributed by atoms with van der Waals surface area (Å²) in [7, 11) is 3.20. The summed E-state index contributed by atoms with van der Waals surface area (Å²) in [6.45, 7) is 2.36. The molecule has 2 N–H and O–H groups in total. The molecule has 1 fully saturated rings. The number of benzene rings is 1. The summed E-state index contributed by atoms with van der Waals surface area (Å²) < 4.78 is 10.4. The quantitative estimate of drug-likeness (QED) is 0.807. The van der Waals surface area contributed by atoms with Crippen molar-refractivity contribution >= 4 is 0 Å². The fourth-order valence-electron chi connectivity index (χ4n) is 1.90. The first kappa shape index (κ1) is 13.2. The lowest BCUT2D eigenvalue weighted by atomic mass is 9.95. The molecule has 1 saturated carbocycles. The molecule has 0 heterocycles. The number of ether oxygens (including phenoxy) is 2. The number of hydrogen-bond acceptors (Lipinski definition) is 4. The Morgan fingerprint density at radius 2 is 1.94 bits per heavy atom. The van der Waals surface area contributed by atoms with E-state index in [0.29, 0.717) is 24.1 Å². The molecule has 0 aliphatic heterocycles. The van der Waals surface area contributed by atoms with E-state index in [9.17, 15) is 5.11 Å². The molecular formula is C14H21NO3. The molecule has 4 heteroatoms. The second-order valence-electron chi connectivity index (χ2n) is 5.00. The smallest absolute Gasteiger partial charge is 0.161 e. The van der Waals surface area contributed by atoms with Crippen molar-refractivity contribution in [2.75, 3.05) is 20.8 Å². The molecule has 18 heavy (non-hydrogen) atoms. The monoisotopic (exact) mass is 251 g/mol. The Labute approximate surface area is 108 Å². The number of rotatable bonds is 6. The number of nitrogens with one attached hydrogen (secondary N) is 1. The molecule has 1 aromatic carbocycles. The number of methoxy groups -OCH3 is 2. The minimum absolute atomic E-state index is 0.549. The fraction of sp³-hybridized carbons (Fsp3) is 0.571. The molecule has 2 rings (SSSR count). The third-order valence-corrected chi connectivity index (χ3v) is 3.32. The summed E-state index contributed by atoms with van der Waals surface area (Å²) in [6, 6.07) is 6.10. The highest BCUT2D eigenvalue weighted by Crippen LogP contribution is 2.32. The first-order chi connectivity index (χ1) is 8.56. The van der Waals surface area contributed by atoms with Gasteiger partial charge in [-0.05, 0) is 37.5 Å². The molecule has 0 aromatic heterocycles. The van der Waals surface area contributed by atoms with Crippen LogP contribution in [-0.4, -0.2) is 31.9 Å². The summed E-state index contributed by atoms with van der Waals surface area (Å²) in [5.74, 6) is 1.31. The topological polar surface area (TPSA) is 50.7 Å². The van der Waals surface area contributed by atoms with Gasteiger partial charge in [0.2, 0.25) is 0 Å². The fourth-order valence-corrected chi connectivity index (χ4v) is 1.90. The second kappa shape index (κ2) is 5.16. The summed E-state index contributed by atoms with van der Waals surface area (Å²) in [6.07, 6.45) is 2.42. The summed E-state index contributed by atoms with van der Waals surface area (Å²) in [5.41, 5.74) is -0.0735. The maximum absolute atomic E-state index is 10.5. The minimum atomic E-state index is -0.901. The first-order valence-electron chi connectivity index (χ1n) is 6.25. The van der Waals surface area contributed by atoms with Crippen LogP contribution in [0.25, 0.3) is 0 Å². The van der Waals surface area contributed by atoms with E-state index in [2.05, 4.69) is 5.32 Å². The van der Waals surface area contributed by atoms with Crippen molar-refractivity contribution in [3.05, 3.63) is 23.8 Å². The average molecular weight is 251 g/mol.